The number of aromatic nitrogens is 2. The molecule has 3 aromatic rings. The number of para-hydroxylation sites is 1. The maximum Gasteiger partial charge on any atom is 0.155 e. The molecular weight excluding hydrogens is 480 g/mol. The quantitative estimate of drug-likeness (QED) is 0.329. The maximum absolute atomic E-state index is 10.0. The molecule has 1 aromatic heterocycles. The molecule has 1 radical (unpaired) electrons. The number of ketones is 1. The van der Waals surface area contributed by atoms with E-state index in [0.717, 1.165) is 22.2 Å². The first kappa shape index (κ1) is 19.7. The van der Waals surface area contributed by atoms with E-state index in [0.29, 0.717) is 0 Å². The molecule has 2 aromatic carbocycles. The van der Waals surface area contributed by atoms with Crippen molar-refractivity contribution < 1.29 is 30.0 Å². The molecule has 0 fully saturated rings. The third-order valence-electron chi connectivity index (χ3n) is 2.92. The van der Waals surface area contributed by atoms with Crippen LogP contribution in [0.2, 0.25) is 0 Å². The molecule has 3 rings (SSSR count). The summed E-state index contributed by atoms with van der Waals surface area (Å²) in [6.07, 6.45) is 2.76. The van der Waals surface area contributed by atoms with Crippen molar-refractivity contribution in [1.82, 2.24) is 9.97 Å². The first-order chi connectivity index (χ1) is 11.1. The predicted molar refractivity (Wildman–Crippen MR) is 90.9 cm³/mol. The molecule has 0 aliphatic heterocycles. The number of allylic oxidation sites excluding steroid dienone is 2. The third kappa shape index (κ3) is 5.69. The molecule has 0 atom stereocenters. The molecule has 0 saturated heterocycles. The molecule has 0 aliphatic carbocycles. The van der Waals surface area contributed by atoms with Crippen molar-refractivity contribution in [2.24, 2.45) is 0 Å². The Morgan fingerprint density at radius 1 is 1.08 bits per heavy atom. The third-order valence-corrected chi connectivity index (χ3v) is 2.92. The molecule has 0 bridgehead atoms. The summed E-state index contributed by atoms with van der Waals surface area (Å²) in [4.78, 5) is 18.6. The van der Waals surface area contributed by atoms with Crippen LogP contribution in [0.4, 0.5) is 0 Å². The van der Waals surface area contributed by atoms with Crippen molar-refractivity contribution in [2.75, 3.05) is 0 Å². The van der Waals surface area contributed by atoms with Crippen molar-refractivity contribution in [2.45, 2.75) is 13.8 Å². The summed E-state index contributed by atoms with van der Waals surface area (Å²) in [7, 11) is 0. The Morgan fingerprint density at radius 2 is 1.79 bits per heavy atom. The average Bonchev–Trinajstić information content (AvgIpc) is 2.54. The number of fused-ring (bicyclic) bond motifs is 1. The predicted octanol–water partition coefficient (Wildman–Crippen LogP) is 4.13. The van der Waals surface area contributed by atoms with Gasteiger partial charge in [0.2, 0.25) is 0 Å². The summed E-state index contributed by atoms with van der Waals surface area (Å²) < 4.78 is 0. The molecule has 5 heteroatoms. The number of hydrogen-bond donors (Lipinski definition) is 1. The number of aliphatic hydroxyl groups is 1. The molecule has 1 N–H and O–H groups in total. The molecule has 125 valence electrons. The standard InChI is InChI=1S/C14H9N2.C5H8O2.Ir/c1-2-6-11(7-3-1)14-12-8-4-5-9-13(12)15-10-16-14;1-4(6)3-5(2)7;/h1-6,8-10H;3,6H,1-2H3;/q-1;;/b;4-3-;. The van der Waals surface area contributed by atoms with Crippen LogP contribution in [0.25, 0.3) is 22.2 Å². The van der Waals surface area contributed by atoms with E-state index in [9.17, 15) is 4.79 Å². The van der Waals surface area contributed by atoms with Gasteiger partial charge in [-0.2, -0.15) is 0 Å². The van der Waals surface area contributed by atoms with Gasteiger partial charge in [-0.05, 0) is 31.0 Å². The fraction of sp³-hybridized carbons (Fsp3) is 0.105. The number of aliphatic hydroxyl groups excluding tert-OH is 1. The van der Waals surface area contributed by atoms with E-state index in [-0.39, 0.29) is 31.6 Å². The van der Waals surface area contributed by atoms with Gasteiger partial charge >= 0.3 is 0 Å². The first-order valence-corrected chi connectivity index (χ1v) is 7.12. The Balaban J connectivity index is 0.000000312. The number of benzene rings is 2. The van der Waals surface area contributed by atoms with Crippen LogP contribution in [0.5, 0.6) is 0 Å². The van der Waals surface area contributed by atoms with E-state index in [1.807, 2.05) is 48.5 Å². The molecule has 4 nitrogen and oxygen atoms in total. The summed E-state index contributed by atoms with van der Waals surface area (Å²) in [6.45, 7) is 2.85. The zero-order chi connectivity index (χ0) is 16.7. The van der Waals surface area contributed by atoms with Gasteiger partial charge in [0.25, 0.3) is 0 Å². The molecular formula is C19H17IrN2O2-. The minimum atomic E-state index is -0.125. The summed E-state index contributed by atoms with van der Waals surface area (Å²) in [5.41, 5.74) is 2.90. The molecule has 0 aliphatic rings. The van der Waals surface area contributed by atoms with Gasteiger partial charge in [-0.25, -0.2) is 4.98 Å². The Hall–Kier alpha value is -2.36. The second-order valence-corrected chi connectivity index (χ2v) is 4.91. The summed E-state index contributed by atoms with van der Waals surface area (Å²) in [6, 6.07) is 19.0. The number of hydrogen-bond acceptors (Lipinski definition) is 4. The summed E-state index contributed by atoms with van der Waals surface area (Å²) in [5, 5.41) is 9.43. The van der Waals surface area contributed by atoms with Crippen molar-refractivity contribution in [3.8, 4) is 11.3 Å². The number of rotatable bonds is 2. The Bertz CT molecular complexity index is 824. The van der Waals surface area contributed by atoms with Crippen LogP contribution in [-0.2, 0) is 24.9 Å². The van der Waals surface area contributed by atoms with Crippen LogP contribution in [0.15, 0.2) is 66.7 Å². The Labute approximate surface area is 154 Å². The maximum atomic E-state index is 10.0. The average molecular weight is 498 g/mol. The minimum absolute atomic E-state index is 0. The van der Waals surface area contributed by atoms with E-state index in [1.54, 1.807) is 6.33 Å². The van der Waals surface area contributed by atoms with Crippen molar-refractivity contribution in [1.29, 1.82) is 0 Å². The van der Waals surface area contributed by atoms with Gasteiger partial charge in [0.15, 0.2) is 5.78 Å². The fourth-order valence-corrected chi connectivity index (χ4v) is 2.05. The van der Waals surface area contributed by atoms with E-state index < -0.39 is 0 Å². The number of nitrogens with zero attached hydrogens (tertiary/aromatic N) is 2. The summed E-state index contributed by atoms with van der Waals surface area (Å²) >= 11 is 0. The van der Waals surface area contributed by atoms with E-state index >= 15 is 0 Å². The minimum Gasteiger partial charge on any atom is -0.512 e. The smallest absolute Gasteiger partial charge is 0.155 e. The number of carbonyl (C=O) groups excluding carboxylic acids is 1. The SMILES string of the molecule is CC(=O)/C=C(/C)O.[Ir].[c-]1ccccc1-c1ncnc2ccccc12. The van der Waals surface area contributed by atoms with Gasteiger partial charge in [0.05, 0.1) is 11.3 Å². The zero-order valence-electron chi connectivity index (χ0n) is 13.4. The van der Waals surface area contributed by atoms with Crippen LogP contribution in [0.1, 0.15) is 13.8 Å². The monoisotopic (exact) mass is 498 g/mol. The van der Waals surface area contributed by atoms with Crippen molar-refractivity contribution in [3.05, 3.63) is 72.8 Å². The van der Waals surface area contributed by atoms with E-state index in [4.69, 9.17) is 5.11 Å². The summed E-state index contributed by atoms with van der Waals surface area (Å²) in [5.74, 6) is -0.0625. The number of carbonyl (C=O) groups is 1. The zero-order valence-corrected chi connectivity index (χ0v) is 15.8. The second kappa shape index (κ2) is 9.71. The van der Waals surface area contributed by atoms with Gasteiger partial charge in [0, 0.05) is 26.2 Å². The topological polar surface area (TPSA) is 63.1 Å². The van der Waals surface area contributed by atoms with Gasteiger partial charge in [-0.15, -0.1) is 35.9 Å². The van der Waals surface area contributed by atoms with E-state index in [2.05, 4.69) is 16.0 Å². The van der Waals surface area contributed by atoms with Gasteiger partial charge < -0.3 is 5.11 Å². The Kier molecular flexibility index (Phi) is 7.96. The van der Waals surface area contributed by atoms with Crippen LogP contribution < -0.4 is 0 Å². The molecule has 0 amide bonds. The van der Waals surface area contributed by atoms with Crippen LogP contribution in [-0.4, -0.2) is 20.9 Å². The van der Waals surface area contributed by atoms with Crippen LogP contribution in [0, 0.1) is 6.07 Å². The molecule has 0 saturated carbocycles. The van der Waals surface area contributed by atoms with Crippen molar-refractivity contribution in [3.63, 3.8) is 0 Å². The second-order valence-electron chi connectivity index (χ2n) is 4.91. The first-order valence-electron chi connectivity index (χ1n) is 7.12. The molecule has 0 unspecified atom stereocenters. The van der Waals surface area contributed by atoms with Crippen LogP contribution in [0.3, 0.4) is 0 Å². The fourth-order valence-electron chi connectivity index (χ4n) is 2.05. The van der Waals surface area contributed by atoms with Gasteiger partial charge in [-0.3, -0.25) is 9.78 Å². The Morgan fingerprint density at radius 3 is 2.38 bits per heavy atom. The normalized spacial score (nSPS) is 10.3. The van der Waals surface area contributed by atoms with E-state index in [1.165, 1.54) is 19.9 Å². The molecule has 24 heavy (non-hydrogen) atoms. The van der Waals surface area contributed by atoms with Gasteiger partial charge in [0.1, 0.15) is 6.33 Å². The van der Waals surface area contributed by atoms with Crippen LogP contribution >= 0.6 is 0 Å². The van der Waals surface area contributed by atoms with Gasteiger partial charge in [-0.1, -0.05) is 18.2 Å². The largest absolute Gasteiger partial charge is 0.512 e. The molecule has 1 heterocycles. The van der Waals surface area contributed by atoms with Crippen molar-refractivity contribution >= 4 is 16.7 Å². The molecule has 0 spiro atoms.